The Morgan fingerprint density at radius 3 is 2.95 bits per heavy atom. The number of hydrogen-bond donors (Lipinski definition) is 0. The fraction of sp³-hybridized carbons (Fsp3) is 0.438. The van der Waals surface area contributed by atoms with Crippen LogP contribution in [0.15, 0.2) is 18.2 Å². The first-order chi connectivity index (χ1) is 10.1. The summed E-state index contributed by atoms with van der Waals surface area (Å²) in [6, 6.07) is 6.02. The van der Waals surface area contributed by atoms with Crippen LogP contribution in [0.3, 0.4) is 0 Å². The van der Waals surface area contributed by atoms with Crippen molar-refractivity contribution >= 4 is 38.9 Å². The second kappa shape index (κ2) is 5.85. The highest BCUT2D eigenvalue weighted by molar-refractivity contribution is 7.21. The summed E-state index contributed by atoms with van der Waals surface area (Å²) in [6.07, 6.45) is 3.34. The molecule has 0 unspecified atom stereocenters. The van der Waals surface area contributed by atoms with Gasteiger partial charge in [0.1, 0.15) is 10.6 Å². The molecule has 1 aromatic heterocycles. The van der Waals surface area contributed by atoms with Gasteiger partial charge in [0.2, 0.25) is 0 Å². The van der Waals surface area contributed by atoms with Gasteiger partial charge in [0, 0.05) is 22.7 Å². The molecule has 5 heteroatoms. The Morgan fingerprint density at radius 2 is 2.24 bits per heavy atom. The van der Waals surface area contributed by atoms with Crippen molar-refractivity contribution in [2.45, 2.75) is 32.2 Å². The molecule has 21 heavy (non-hydrogen) atoms. The van der Waals surface area contributed by atoms with E-state index >= 15 is 0 Å². The van der Waals surface area contributed by atoms with E-state index in [-0.39, 0.29) is 5.91 Å². The Hall–Kier alpha value is -1.26. The van der Waals surface area contributed by atoms with Crippen molar-refractivity contribution in [2.24, 2.45) is 0 Å². The number of halogens is 1. The molecular formula is C16H18ClNO2S. The average Bonchev–Trinajstić information content (AvgIpc) is 2.83. The number of thiophene rings is 1. The summed E-state index contributed by atoms with van der Waals surface area (Å²) in [7, 11) is 1.64. The van der Waals surface area contributed by atoms with E-state index in [1.807, 2.05) is 23.1 Å². The van der Waals surface area contributed by atoms with E-state index in [0.717, 1.165) is 35.2 Å². The molecule has 0 aliphatic carbocycles. The zero-order valence-electron chi connectivity index (χ0n) is 12.2. The number of nitrogens with zero attached hydrogens (tertiary/aromatic N) is 1. The van der Waals surface area contributed by atoms with Gasteiger partial charge in [0.05, 0.1) is 12.1 Å². The summed E-state index contributed by atoms with van der Waals surface area (Å²) in [5, 5.41) is 1.50. The lowest BCUT2D eigenvalue weighted by Crippen LogP contribution is -2.41. The first kappa shape index (κ1) is 14.7. The van der Waals surface area contributed by atoms with E-state index in [4.69, 9.17) is 16.3 Å². The summed E-state index contributed by atoms with van der Waals surface area (Å²) in [6.45, 7) is 2.94. The standard InChI is InChI=1S/C16H18ClNO2S/c1-10-5-3-4-8-18(10)16(19)15-14(17)12-7-6-11(20-2)9-13(12)21-15/h6-7,9-10H,3-5,8H2,1-2H3/t10-/m0/s1. The van der Waals surface area contributed by atoms with Crippen LogP contribution in [0, 0.1) is 0 Å². The summed E-state index contributed by atoms with van der Waals surface area (Å²) in [5.74, 6) is 0.845. The van der Waals surface area contributed by atoms with Crippen molar-refractivity contribution in [2.75, 3.05) is 13.7 Å². The third kappa shape index (κ3) is 2.62. The van der Waals surface area contributed by atoms with Crippen molar-refractivity contribution in [3.05, 3.63) is 28.1 Å². The Balaban J connectivity index is 1.99. The molecule has 1 aliphatic heterocycles. The number of likely N-dealkylation sites (tertiary alicyclic amines) is 1. The fourth-order valence-electron chi connectivity index (χ4n) is 2.84. The van der Waals surface area contributed by atoms with Crippen molar-refractivity contribution in [3.8, 4) is 5.75 Å². The number of hydrogen-bond acceptors (Lipinski definition) is 3. The van der Waals surface area contributed by atoms with Crippen molar-refractivity contribution in [1.82, 2.24) is 4.90 Å². The largest absolute Gasteiger partial charge is 0.497 e. The number of rotatable bonds is 2. The average molecular weight is 324 g/mol. The van der Waals surface area contributed by atoms with Gasteiger partial charge in [-0.25, -0.2) is 0 Å². The van der Waals surface area contributed by atoms with Crippen molar-refractivity contribution in [1.29, 1.82) is 0 Å². The molecule has 3 nitrogen and oxygen atoms in total. The molecule has 1 aliphatic rings. The number of carbonyl (C=O) groups is 1. The minimum Gasteiger partial charge on any atom is -0.497 e. The van der Waals surface area contributed by atoms with Gasteiger partial charge in [-0.15, -0.1) is 11.3 Å². The molecule has 1 amide bonds. The zero-order valence-corrected chi connectivity index (χ0v) is 13.8. The number of methoxy groups -OCH3 is 1. The van der Waals surface area contributed by atoms with Crippen LogP contribution < -0.4 is 4.74 Å². The molecule has 0 bridgehead atoms. The first-order valence-electron chi connectivity index (χ1n) is 7.19. The summed E-state index contributed by atoms with van der Waals surface area (Å²) < 4.78 is 6.23. The maximum absolute atomic E-state index is 12.8. The summed E-state index contributed by atoms with van der Waals surface area (Å²) in [4.78, 5) is 15.4. The summed E-state index contributed by atoms with van der Waals surface area (Å²) in [5.41, 5.74) is 0. The molecule has 0 spiro atoms. The van der Waals surface area contributed by atoms with Gasteiger partial charge in [-0.2, -0.15) is 0 Å². The van der Waals surface area contributed by atoms with Gasteiger partial charge in [0.25, 0.3) is 5.91 Å². The Labute approximate surface area is 133 Å². The van der Waals surface area contributed by atoms with Crippen LogP contribution in [-0.4, -0.2) is 30.5 Å². The summed E-state index contributed by atoms with van der Waals surface area (Å²) >= 11 is 7.89. The number of ether oxygens (including phenoxy) is 1. The predicted octanol–water partition coefficient (Wildman–Crippen LogP) is 4.58. The molecule has 2 heterocycles. The maximum Gasteiger partial charge on any atom is 0.265 e. The quantitative estimate of drug-likeness (QED) is 0.809. The lowest BCUT2D eigenvalue weighted by molar-refractivity contribution is 0.0641. The molecular weight excluding hydrogens is 306 g/mol. The van der Waals surface area contributed by atoms with Crippen LogP contribution in [0.4, 0.5) is 0 Å². The zero-order chi connectivity index (χ0) is 15.0. The third-order valence-corrected chi connectivity index (χ3v) is 5.74. The van der Waals surface area contributed by atoms with Crippen LogP contribution in [0.1, 0.15) is 35.9 Å². The predicted molar refractivity (Wildman–Crippen MR) is 87.7 cm³/mol. The van der Waals surface area contributed by atoms with E-state index in [1.54, 1.807) is 7.11 Å². The molecule has 112 valence electrons. The van der Waals surface area contributed by atoms with E-state index in [1.165, 1.54) is 17.8 Å². The Morgan fingerprint density at radius 1 is 1.43 bits per heavy atom. The number of fused-ring (bicyclic) bond motifs is 1. The normalized spacial score (nSPS) is 19.0. The van der Waals surface area contributed by atoms with Crippen LogP contribution >= 0.6 is 22.9 Å². The highest BCUT2D eigenvalue weighted by Crippen LogP contribution is 2.38. The second-order valence-electron chi connectivity index (χ2n) is 5.45. The van der Waals surface area contributed by atoms with Gasteiger partial charge in [-0.05, 0) is 44.4 Å². The van der Waals surface area contributed by atoms with E-state index in [2.05, 4.69) is 6.92 Å². The van der Waals surface area contributed by atoms with Gasteiger partial charge >= 0.3 is 0 Å². The Kier molecular flexibility index (Phi) is 4.09. The van der Waals surface area contributed by atoms with Gasteiger partial charge in [0.15, 0.2) is 0 Å². The molecule has 1 aromatic carbocycles. The molecule has 1 atom stereocenters. The molecule has 1 saturated heterocycles. The molecule has 0 radical (unpaired) electrons. The lowest BCUT2D eigenvalue weighted by Gasteiger charge is -2.33. The SMILES string of the molecule is COc1ccc2c(Cl)c(C(=O)N3CCCC[C@@H]3C)sc2c1. The van der Waals surface area contributed by atoms with Gasteiger partial charge in [-0.1, -0.05) is 11.6 Å². The van der Waals surface area contributed by atoms with Gasteiger partial charge in [-0.3, -0.25) is 4.79 Å². The van der Waals surface area contributed by atoms with Crippen LogP contribution in [0.2, 0.25) is 5.02 Å². The second-order valence-corrected chi connectivity index (χ2v) is 6.88. The van der Waals surface area contributed by atoms with Crippen LogP contribution in [0.5, 0.6) is 5.75 Å². The smallest absolute Gasteiger partial charge is 0.265 e. The van der Waals surface area contributed by atoms with Gasteiger partial charge < -0.3 is 9.64 Å². The highest BCUT2D eigenvalue weighted by Gasteiger charge is 2.27. The van der Waals surface area contributed by atoms with Crippen molar-refractivity contribution < 1.29 is 9.53 Å². The van der Waals surface area contributed by atoms with Crippen LogP contribution in [0.25, 0.3) is 10.1 Å². The van der Waals surface area contributed by atoms with Crippen LogP contribution in [-0.2, 0) is 0 Å². The molecule has 2 aromatic rings. The monoisotopic (exact) mass is 323 g/mol. The lowest BCUT2D eigenvalue weighted by atomic mass is 10.0. The fourth-order valence-corrected chi connectivity index (χ4v) is 4.34. The minimum absolute atomic E-state index is 0.0624. The molecule has 0 N–H and O–H groups in total. The molecule has 0 saturated carbocycles. The minimum atomic E-state index is 0.0624. The molecule has 1 fully saturated rings. The van der Waals surface area contributed by atoms with E-state index in [9.17, 15) is 4.79 Å². The number of piperidine rings is 1. The Bertz CT molecular complexity index is 682. The van der Waals surface area contributed by atoms with Crippen molar-refractivity contribution in [3.63, 3.8) is 0 Å². The number of benzene rings is 1. The number of carbonyl (C=O) groups excluding carboxylic acids is 1. The van der Waals surface area contributed by atoms with E-state index in [0.29, 0.717) is 15.9 Å². The first-order valence-corrected chi connectivity index (χ1v) is 8.38. The topological polar surface area (TPSA) is 29.5 Å². The highest BCUT2D eigenvalue weighted by atomic mass is 35.5. The molecule has 3 rings (SSSR count). The number of amides is 1. The maximum atomic E-state index is 12.8. The van der Waals surface area contributed by atoms with E-state index < -0.39 is 0 Å². The third-order valence-electron chi connectivity index (χ3n) is 4.09.